The van der Waals surface area contributed by atoms with E-state index in [1.165, 1.54) is 19.3 Å². The molecule has 4 aliphatic heterocycles. The number of fused-ring (bicyclic) bond motifs is 1. The van der Waals surface area contributed by atoms with Crippen LogP contribution in [0.25, 0.3) is 0 Å². The second kappa shape index (κ2) is 12.1. The van der Waals surface area contributed by atoms with E-state index < -0.39 is 0 Å². The number of carbonyl (C=O) groups excluding carboxylic acids is 2. The molecule has 4 saturated heterocycles. The minimum atomic E-state index is -0.138. The molecule has 5 fully saturated rings. The molecule has 36 heavy (non-hydrogen) atoms. The van der Waals surface area contributed by atoms with E-state index >= 15 is 0 Å². The maximum absolute atomic E-state index is 13.1. The third-order valence-corrected chi connectivity index (χ3v) is 9.74. The Morgan fingerprint density at radius 1 is 1.00 bits per heavy atom. The molecular weight excluding hydrogens is 456 g/mol. The van der Waals surface area contributed by atoms with Gasteiger partial charge < -0.3 is 20.6 Å². The van der Waals surface area contributed by atoms with E-state index in [0.717, 1.165) is 84.3 Å². The summed E-state index contributed by atoms with van der Waals surface area (Å²) in [6, 6.07) is 0.322. The molecule has 0 aromatic heterocycles. The van der Waals surface area contributed by atoms with Crippen LogP contribution in [0.3, 0.4) is 0 Å². The first-order valence-electron chi connectivity index (χ1n) is 14.7. The number of hydrogen-bond acceptors (Lipinski definition) is 7. The number of aliphatic hydroxyl groups excluding tert-OH is 1. The monoisotopic (exact) mass is 504 g/mol. The van der Waals surface area contributed by atoms with Gasteiger partial charge in [0, 0.05) is 64.3 Å². The third-order valence-electron chi connectivity index (χ3n) is 9.74. The minimum absolute atomic E-state index is 0.0935. The number of nitrogens with one attached hydrogen (secondary N) is 2. The molecule has 1 aliphatic carbocycles. The average molecular weight is 505 g/mol. The van der Waals surface area contributed by atoms with Gasteiger partial charge >= 0.3 is 0 Å². The maximum Gasteiger partial charge on any atom is 0.239 e. The highest BCUT2D eigenvalue weighted by molar-refractivity contribution is 5.83. The van der Waals surface area contributed by atoms with E-state index in [4.69, 9.17) is 0 Å². The number of rotatable bonds is 6. The quantitative estimate of drug-likeness (QED) is 0.483. The smallest absolute Gasteiger partial charge is 0.239 e. The SMILES string of the molecule is CN1[C@@H](CCC(=O)N2CCN(C3CCCCN3)CC2)CNC(=O)[C@@H]2[C@@H]1CCN2CC1CCC(O)CC1. The number of aliphatic hydroxyl groups is 1. The Morgan fingerprint density at radius 2 is 1.78 bits per heavy atom. The summed E-state index contributed by atoms with van der Waals surface area (Å²) in [5.74, 6) is 0.997. The average Bonchev–Trinajstić information content (AvgIpc) is 3.28. The molecule has 2 amide bonds. The van der Waals surface area contributed by atoms with Crippen molar-refractivity contribution in [3.05, 3.63) is 0 Å². The topological polar surface area (TPSA) is 91.4 Å². The van der Waals surface area contributed by atoms with Crippen molar-refractivity contribution in [3.8, 4) is 0 Å². The van der Waals surface area contributed by atoms with Crippen molar-refractivity contribution in [1.29, 1.82) is 0 Å². The minimum Gasteiger partial charge on any atom is -0.393 e. The molecule has 9 nitrogen and oxygen atoms in total. The van der Waals surface area contributed by atoms with Crippen LogP contribution in [0.1, 0.15) is 64.2 Å². The molecule has 4 heterocycles. The molecule has 0 radical (unpaired) electrons. The Labute approximate surface area is 216 Å². The zero-order valence-electron chi connectivity index (χ0n) is 22.2. The Hall–Kier alpha value is -1.26. The fraction of sp³-hybridized carbons (Fsp3) is 0.926. The van der Waals surface area contributed by atoms with Crippen LogP contribution in [0.5, 0.6) is 0 Å². The lowest BCUT2D eigenvalue weighted by Crippen LogP contribution is -2.56. The first kappa shape index (κ1) is 26.4. The Morgan fingerprint density at radius 3 is 2.50 bits per heavy atom. The van der Waals surface area contributed by atoms with Gasteiger partial charge in [0.05, 0.1) is 12.3 Å². The van der Waals surface area contributed by atoms with Gasteiger partial charge in [-0.1, -0.05) is 0 Å². The summed E-state index contributed by atoms with van der Waals surface area (Å²) in [5.41, 5.74) is 0. The molecule has 1 saturated carbocycles. The second-order valence-corrected chi connectivity index (χ2v) is 12.0. The van der Waals surface area contributed by atoms with Crippen molar-refractivity contribution in [2.75, 3.05) is 59.4 Å². The van der Waals surface area contributed by atoms with Crippen molar-refractivity contribution < 1.29 is 14.7 Å². The van der Waals surface area contributed by atoms with Crippen molar-refractivity contribution in [1.82, 2.24) is 30.2 Å². The largest absolute Gasteiger partial charge is 0.393 e. The van der Waals surface area contributed by atoms with Crippen LogP contribution in [-0.2, 0) is 9.59 Å². The van der Waals surface area contributed by atoms with E-state index in [2.05, 4.69) is 37.3 Å². The number of hydrogen-bond donors (Lipinski definition) is 3. The molecule has 0 spiro atoms. The molecule has 204 valence electrons. The first-order valence-corrected chi connectivity index (χ1v) is 14.7. The van der Waals surface area contributed by atoms with E-state index in [0.29, 0.717) is 25.0 Å². The number of piperidine rings is 1. The van der Waals surface area contributed by atoms with Gasteiger partial charge in [-0.15, -0.1) is 0 Å². The molecule has 3 N–H and O–H groups in total. The van der Waals surface area contributed by atoms with Crippen molar-refractivity contribution >= 4 is 11.8 Å². The van der Waals surface area contributed by atoms with Gasteiger partial charge in [-0.05, 0) is 77.3 Å². The van der Waals surface area contributed by atoms with Gasteiger partial charge in [0.2, 0.25) is 11.8 Å². The zero-order valence-corrected chi connectivity index (χ0v) is 22.2. The van der Waals surface area contributed by atoms with Crippen molar-refractivity contribution in [2.45, 2.75) is 94.6 Å². The van der Waals surface area contributed by atoms with Gasteiger partial charge in [-0.3, -0.25) is 24.3 Å². The molecule has 5 rings (SSSR count). The molecule has 0 aromatic carbocycles. The molecular formula is C27H48N6O3. The highest BCUT2D eigenvalue weighted by Crippen LogP contribution is 2.31. The Bertz CT molecular complexity index is 746. The predicted molar refractivity (Wildman–Crippen MR) is 139 cm³/mol. The van der Waals surface area contributed by atoms with E-state index in [-0.39, 0.29) is 36.0 Å². The highest BCUT2D eigenvalue weighted by atomic mass is 16.3. The third kappa shape index (κ3) is 6.07. The van der Waals surface area contributed by atoms with Gasteiger partial charge in [0.15, 0.2) is 0 Å². The fourth-order valence-corrected chi connectivity index (χ4v) is 7.39. The van der Waals surface area contributed by atoms with Crippen LogP contribution < -0.4 is 10.6 Å². The molecule has 0 aromatic rings. The molecule has 0 bridgehead atoms. The van der Waals surface area contributed by atoms with E-state index in [9.17, 15) is 14.7 Å². The van der Waals surface area contributed by atoms with Crippen LogP contribution in [0.2, 0.25) is 0 Å². The standard InChI is InChI=1S/C27H48N6O3/c1-30-21(7-10-25(35)32-16-14-31(15-17-32)24-4-2-3-12-28-24)18-29-27(36)26-23(30)11-13-33(26)19-20-5-8-22(34)9-6-20/h20-24,26,28,34H,2-19H2,1H3,(H,29,36)/t20?,21-,22?,23-,24?,26-/m0/s1. The lowest BCUT2D eigenvalue weighted by Gasteiger charge is -2.41. The molecule has 1 unspecified atom stereocenters. The second-order valence-electron chi connectivity index (χ2n) is 12.0. The maximum atomic E-state index is 13.1. The van der Waals surface area contributed by atoms with Crippen molar-refractivity contribution in [2.24, 2.45) is 5.92 Å². The highest BCUT2D eigenvalue weighted by Gasteiger charge is 2.45. The number of piperazine rings is 1. The van der Waals surface area contributed by atoms with Crippen LogP contribution in [0.15, 0.2) is 0 Å². The Kier molecular flexibility index (Phi) is 8.83. The zero-order chi connectivity index (χ0) is 25.1. The van der Waals surface area contributed by atoms with E-state index in [1.807, 2.05) is 0 Å². The molecule has 5 aliphatic rings. The summed E-state index contributed by atoms with van der Waals surface area (Å²) < 4.78 is 0. The summed E-state index contributed by atoms with van der Waals surface area (Å²) in [6.45, 7) is 7.22. The fourth-order valence-electron chi connectivity index (χ4n) is 7.39. The number of nitrogens with zero attached hydrogens (tertiary/aromatic N) is 4. The van der Waals surface area contributed by atoms with Crippen LogP contribution in [0.4, 0.5) is 0 Å². The number of carbonyl (C=O) groups is 2. The Balaban J connectivity index is 1.09. The van der Waals surface area contributed by atoms with Gasteiger partial charge in [0.25, 0.3) is 0 Å². The first-order chi connectivity index (χ1) is 17.5. The number of likely N-dealkylation sites (tertiary alicyclic amines) is 1. The van der Waals surface area contributed by atoms with Crippen LogP contribution in [0, 0.1) is 5.92 Å². The lowest BCUT2D eigenvalue weighted by atomic mass is 9.87. The summed E-state index contributed by atoms with van der Waals surface area (Å²) in [4.78, 5) is 35.6. The summed E-state index contributed by atoms with van der Waals surface area (Å²) in [5, 5.41) is 16.7. The summed E-state index contributed by atoms with van der Waals surface area (Å²) in [7, 11) is 2.16. The predicted octanol–water partition coefficient (Wildman–Crippen LogP) is 0.435. The van der Waals surface area contributed by atoms with Crippen molar-refractivity contribution in [3.63, 3.8) is 0 Å². The molecule has 9 heteroatoms. The van der Waals surface area contributed by atoms with Gasteiger partial charge in [-0.25, -0.2) is 0 Å². The normalized spacial score (nSPS) is 37.4. The van der Waals surface area contributed by atoms with Crippen LogP contribution in [-0.4, -0.2) is 126 Å². The van der Waals surface area contributed by atoms with E-state index in [1.54, 1.807) is 0 Å². The lowest BCUT2D eigenvalue weighted by molar-refractivity contribution is -0.134. The molecule has 4 atom stereocenters. The summed E-state index contributed by atoms with van der Waals surface area (Å²) in [6.07, 6.45) is 10.4. The van der Waals surface area contributed by atoms with Gasteiger partial charge in [0.1, 0.15) is 6.04 Å². The number of likely N-dealkylation sites (N-methyl/N-ethyl adjacent to an activating group) is 1. The number of amides is 2. The van der Waals surface area contributed by atoms with Gasteiger partial charge in [-0.2, -0.15) is 0 Å². The van der Waals surface area contributed by atoms with Crippen LogP contribution >= 0.6 is 0 Å². The summed E-state index contributed by atoms with van der Waals surface area (Å²) >= 11 is 0.